The van der Waals surface area contributed by atoms with Crippen molar-refractivity contribution in [2.75, 3.05) is 5.32 Å². The fraction of sp³-hybridized carbons (Fsp3) is 0. The van der Waals surface area contributed by atoms with Crippen molar-refractivity contribution in [1.82, 2.24) is 15.6 Å². The highest BCUT2D eigenvalue weighted by Gasteiger charge is 2.16. The van der Waals surface area contributed by atoms with Crippen molar-refractivity contribution in [3.63, 3.8) is 0 Å². The van der Waals surface area contributed by atoms with E-state index in [1.165, 1.54) is 11.3 Å². The molecule has 0 unspecified atom stereocenters. The summed E-state index contributed by atoms with van der Waals surface area (Å²) in [4.78, 5) is 24.5. The zero-order chi connectivity index (χ0) is 22.6. The molecule has 160 valence electrons. The van der Waals surface area contributed by atoms with E-state index in [0.29, 0.717) is 5.01 Å². The summed E-state index contributed by atoms with van der Waals surface area (Å²) in [7, 11) is 0. The van der Waals surface area contributed by atoms with Gasteiger partial charge in [0.1, 0.15) is 5.01 Å². The molecule has 33 heavy (non-hydrogen) atoms. The lowest BCUT2D eigenvalue weighted by atomic mass is 9.97. The number of carbonyl (C=O) groups excluding carboxylic acids is 2. The summed E-state index contributed by atoms with van der Waals surface area (Å²) in [5.41, 5.74) is 4.04. The number of rotatable bonds is 4. The molecular formula is C25H17N5O2S. The van der Waals surface area contributed by atoms with Gasteiger partial charge in [-0.15, -0.1) is 10.2 Å². The Morgan fingerprint density at radius 2 is 1.42 bits per heavy atom. The molecule has 0 spiro atoms. The summed E-state index contributed by atoms with van der Waals surface area (Å²) in [6.07, 6.45) is 1.56. The molecule has 1 aromatic heterocycles. The molecule has 5 rings (SSSR count). The van der Waals surface area contributed by atoms with Crippen LogP contribution in [0.5, 0.6) is 0 Å². The number of hydrazone groups is 1. The first-order chi connectivity index (χ1) is 16.2. The SMILES string of the molecule is O=C(NN=Cc1c2ccccc2cc2ccccc12)C(=O)Nc1nnc(-c2ccccc2)s1. The van der Waals surface area contributed by atoms with Gasteiger partial charge in [0.05, 0.1) is 6.21 Å². The van der Waals surface area contributed by atoms with Gasteiger partial charge in [0.25, 0.3) is 0 Å². The van der Waals surface area contributed by atoms with E-state index in [-0.39, 0.29) is 5.13 Å². The Balaban J connectivity index is 1.31. The van der Waals surface area contributed by atoms with Gasteiger partial charge in [-0.05, 0) is 27.6 Å². The van der Waals surface area contributed by atoms with Crippen LogP contribution in [0.3, 0.4) is 0 Å². The number of nitrogens with zero attached hydrogens (tertiary/aromatic N) is 3. The molecule has 1 heterocycles. The second kappa shape index (κ2) is 8.97. The average Bonchev–Trinajstić information content (AvgIpc) is 3.32. The maximum atomic E-state index is 12.3. The summed E-state index contributed by atoms with van der Waals surface area (Å²) >= 11 is 1.18. The molecule has 8 heteroatoms. The molecular weight excluding hydrogens is 434 g/mol. The summed E-state index contributed by atoms with van der Waals surface area (Å²) in [6, 6.07) is 27.5. The Kier molecular flexibility index (Phi) is 5.57. The van der Waals surface area contributed by atoms with Crippen molar-refractivity contribution in [2.24, 2.45) is 5.10 Å². The van der Waals surface area contributed by atoms with Crippen LogP contribution < -0.4 is 10.7 Å². The molecule has 0 aliphatic heterocycles. The molecule has 0 bridgehead atoms. The molecule has 4 aromatic carbocycles. The predicted molar refractivity (Wildman–Crippen MR) is 131 cm³/mol. The monoisotopic (exact) mass is 451 g/mol. The molecule has 0 aliphatic rings. The van der Waals surface area contributed by atoms with E-state index >= 15 is 0 Å². The van der Waals surface area contributed by atoms with E-state index in [0.717, 1.165) is 32.7 Å². The lowest BCUT2D eigenvalue weighted by Gasteiger charge is -2.07. The molecule has 0 radical (unpaired) electrons. The summed E-state index contributed by atoms with van der Waals surface area (Å²) in [6.45, 7) is 0. The number of carbonyl (C=O) groups is 2. The predicted octanol–water partition coefficient (Wildman–Crippen LogP) is 4.60. The van der Waals surface area contributed by atoms with Gasteiger partial charge < -0.3 is 0 Å². The van der Waals surface area contributed by atoms with Crippen molar-refractivity contribution < 1.29 is 9.59 Å². The van der Waals surface area contributed by atoms with Crippen LogP contribution in [-0.2, 0) is 9.59 Å². The maximum Gasteiger partial charge on any atom is 0.329 e. The van der Waals surface area contributed by atoms with Crippen molar-refractivity contribution >= 4 is 56.0 Å². The molecule has 5 aromatic rings. The average molecular weight is 452 g/mol. The minimum atomic E-state index is -0.896. The summed E-state index contributed by atoms with van der Waals surface area (Å²) < 4.78 is 0. The molecule has 0 saturated heterocycles. The fourth-order valence-corrected chi connectivity index (χ4v) is 4.26. The third-order valence-corrected chi connectivity index (χ3v) is 5.93. The number of anilines is 1. The normalized spacial score (nSPS) is 11.2. The van der Waals surface area contributed by atoms with Gasteiger partial charge in [0.15, 0.2) is 0 Å². The fourth-order valence-electron chi connectivity index (χ4n) is 3.52. The minimum absolute atomic E-state index is 0.234. The Morgan fingerprint density at radius 3 is 2.12 bits per heavy atom. The molecule has 0 saturated carbocycles. The Labute approximate surface area is 192 Å². The van der Waals surface area contributed by atoms with Crippen LogP contribution in [0.15, 0.2) is 90.0 Å². The lowest BCUT2D eigenvalue weighted by Crippen LogP contribution is -2.32. The first-order valence-corrected chi connectivity index (χ1v) is 10.9. The highest BCUT2D eigenvalue weighted by Crippen LogP contribution is 2.27. The van der Waals surface area contributed by atoms with Crippen LogP contribution >= 0.6 is 11.3 Å². The van der Waals surface area contributed by atoms with Gasteiger partial charge in [-0.25, -0.2) is 5.43 Å². The largest absolute Gasteiger partial charge is 0.329 e. The Bertz CT molecular complexity index is 1460. The summed E-state index contributed by atoms with van der Waals surface area (Å²) in [5.74, 6) is -1.77. The quantitative estimate of drug-likeness (QED) is 0.181. The van der Waals surface area contributed by atoms with Crippen molar-refractivity contribution in [1.29, 1.82) is 0 Å². The van der Waals surface area contributed by atoms with Crippen molar-refractivity contribution in [2.45, 2.75) is 0 Å². The van der Waals surface area contributed by atoms with E-state index in [9.17, 15) is 9.59 Å². The zero-order valence-electron chi connectivity index (χ0n) is 17.2. The van der Waals surface area contributed by atoms with Crippen molar-refractivity contribution in [3.8, 4) is 10.6 Å². The third kappa shape index (κ3) is 4.32. The zero-order valence-corrected chi connectivity index (χ0v) is 18.0. The number of hydrogen-bond acceptors (Lipinski definition) is 6. The van der Waals surface area contributed by atoms with E-state index in [1.807, 2.05) is 78.9 Å². The second-order valence-corrected chi connectivity index (χ2v) is 8.14. The van der Waals surface area contributed by atoms with E-state index in [2.05, 4.69) is 32.1 Å². The van der Waals surface area contributed by atoms with Gasteiger partial charge in [-0.3, -0.25) is 14.9 Å². The van der Waals surface area contributed by atoms with Crippen LogP contribution in [0.1, 0.15) is 5.56 Å². The second-order valence-electron chi connectivity index (χ2n) is 7.16. The number of amides is 2. The molecule has 2 N–H and O–H groups in total. The lowest BCUT2D eigenvalue weighted by molar-refractivity contribution is -0.136. The van der Waals surface area contributed by atoms with Crippen LogP contribution in [0.25, 0.3) is 32.1 Å². The maximum absolute atomic E-state index is 12.3. The molecule has 0 atom stereocenters. The van der Waals surface area contributed by atoms with Gasteiger partial charge in [0.2, 0.25) is 5.13 Å². The number of nitrogens with one attached hydrogen (secondary N) is 2. The third-order valence-electron chi connectivity index (χ3n) is 5.05. The Hall–Kier alpha value is -4.43. The van der Waals surface area contributed by atoms with Gasteiger partial charge in [-0.2, -0.15) is 5.10 Å². The first-order valence-electron chi connectivity index (χ1n) is 10.1. The number of hydrogen-bond donors (Lipinski definition) is 2. The van der Waals surface area contributed by atoms with Crippen molar-refractivity contribution in [3.05, 3.63) is 90.5 Å². The molecule has 2 amide bonds. The molecule has 7 nitrogen and oxygen atoms in total. The van der Waals surface area contributed by atoms with E-state index in [1.54, 1.807) is 6.21 Å². The van der Waals surface area contributed by atoms with Gasteiger partial charge in [0, 0.05) is 11.1 Å². The smallest absolute Gasteiger partial charge is 0.292 e. The number of fused-ring (bicyclic) bond motifs is 2. The highest BCUT2D eigenvalue weighted by atomic mass is 32.1. The first kappa shape index (κ1) is 20.5. The van der Waals surface area contributed by atoms with Gasteiger partial charge >= 0.3 is 11.8 Å². The van der Waals surface area contributed by atoms with Crippen LogP contribution in [-0.4, -0.2) is 28.2 Å². The summed E-state index contributed by atoms with van der Waals surface area (Å²) in [5, 5.41) is 19.5. The van der Waals surface area contributed by atoms with Crippen LogP contribution in [0, 0.1) is 0 Å². The molecule has 0 aliphatic carbocycles. The highest BCUT2D eigenvalue weighted by molar-refractivity contribution is 7.18. The van der Waals surface area contributed by atoms with E-state index in [4.69, 9.17) is 0 Å². The minimum Gasteiger partial charge on any atom is -0.292 e. The van der Waals surface area contributed by atoms with Gasteiger partial charge in [-0.1, -0.05) is 90.2 Å². The number of benzene rings is 4. The molecule has 0 fully saturated rings. The topological polar surface area (TPSA) is 96.3 Å². The standard InChI is InChI=1S/C25H17N5O2S/c31-22(27-25-30-29-24(33-25)16-8-2-1-3-9-16)23(32)28-26-15-21-19-12-6-4-10-17(19)14-18-11-5-7-13-20(18)21/h1-15H,(H,28,32)(H,27,30,31). The van der Waals surface area contributed by atoms with Crippen LogP contribution in [0.4, 0.5) is 5.13 Å². The van der Waals surface area contributed by atoms with E-state index < -0.39 is 11.8 Å². The number of aromatic nitrogens is 2. The Morgan fingerprint density at radius 1 is 0.788 bits per heavy atom. The van der Waals surface area contributed by atoms with Crippen LogP contribution in [0.2, 0.25) is 0 Å².